The molecule has 1 unspecified atom stereocenters. The van der Waals surface area contributed by atoms with Crippen molar-refractivity contribution in [3.63, 3.8) is 0 Å². The Morgan fingerprint density at radius 1 is 1.07 bits per heavy atom. The standard InChI is InChI=1S/C40H48F2N12O5/c1-23-18-50(15-16-59-23)32-13-14-52-37(45-32)27(17-43-52)38(56)44-28-22-53(47-34(28)36(41)42)25-9-7-24(8-10-25)19-48(2)26-20-51(21-26)29-5-4-6-30-35(29)49(3)40(58)54(30)31-11-12-33(55)46-39(31)57/h4-6,13-14,17,22-26,31,36H,7-12,15-16,18-21H2,1-3H3,(H,44,56)(H,46,55,57)/t23-,24?,25?,31?/m0/s1. The van der Waals surface area contributed by atoms with E-state index in [4.69, 9.17) is 9.72 Å². The van der Waals surface area contributed by atoms with Crippen LogP contribution in [0.15, 0.2) is 47.7 Å². The van der Waals surface area contributed by atoms with E-state index in [0.29, 0.717) is 48.6 Å². The van der Waals surface area contributed by atoms with Crippen LogP contribution in [0.3, 0.4) is 0 Å². The highest BCUT2D eigenvalue weighted by molar-refractivity contribution is 6.08. The Kier molecular flexibility index (Phi) is 10.2. The number of likely N-dealkylation sites (N-methyl/N-ethyl adjacent to an activating group) is 1. The van der Waals surface area contributed by atoms with Crippen molar-refractivity contribution < 1.29 is 27.9 Å². The maximum atomic E-state index is 14.3. The predicted molar refractivity (Wildman–Crippen MR) is 214 cm³/mol. The summed E-state index contributed by atoms with van der Waals surface area (Å²) in [6.07, 6.45) is 5.63. The minimum Gasteiger partial charge on any atom is -0.375 e. The van der Waals surface area contributed by atoms with Gasteiger partial charge in [0.05, 0.1) is 47.4 Å². The Morgan fingerprint density at radius 2 is 1.86 bits per heavy atom. The number of para-hydroxylation sites is 1. The lowest BCUT2D eigenvalue weighted by Crippen LogP contribution is -2.59. The summed E-state index contributed by atoms with van der Waals surface area (Å²) in [6, 6.07) is 7.07. The van der Waals surface area contributed by atoms with E-state index in [1.54, 1.807) is 22.5 Å². The first kappa shape index (κ1) is 38.8. The third-order valence-electron chi connectivity index (χ3n) is 12.5. The largest absolute Gasteiger partial charge is 0.375 e. The number of amides is 3. The molecule has 312 valence electrons. The first-order valence-electron chi connectivity index (χ1n) is 20.3. The van der Waals surface area contributed by atoms with Crippen LogP contribution in [0.25, 0.3) is 16.7 Å². The molecule has 4 aromatic heterocycles. The summed E-state index contributed by atoms with van der Waals surface area (Å²) < 4.78 is 40.4. The summed E-state index contributed by atoms with van der Waals surface area (Å²) in [5.74, 6) is -0.259. The highest BCUT2D eigenvalue weighted by Crippen LogP contribution is 2.37. The molecule has 59 heavy (non-hydrogen) atoms. The van der Waals surface area contributed by atoms with Gasteiger partial charge in [-0.25, -0.2) is 23.1 Å². The van der Waals surface area contributed by atoms with Crippen molar-refractivity contribution in [2.45, 2.75) is 76.1 Å². The van der Waals surface area contributed by atoms with Crippen molar-refractivity contribution in [3.05, 3.63) is 64.6 Å². The molecule has 2 N–H and O–H groups in total. The number of imide groups is 1. The molecule has 3 aliphatic heterocycles. The van der Waals surface area contributed by atoms with Gasteiger partial charge in [-0.3, -0.25) is 38.4 Å². The van der Waals surface area contributed by atoms with Gasteiger partial charge in [0.25, 0.3) is 12.3 Å². The van der Waals surface area contributed by atoms with Crippen LogP contribution in [-0.2, 0) is 21.4 Å². The SMILES string of the molecule is C[C@H]1CN(c2ccn3ncc(C(=O)Nc4cn(C5CCC(CN(C)C6CN(c7cccc8c7n(C)c(=O)n8C7CCC(=O)NC7=O)C6)CC5)nc4C(F)F)c3n2)CCO1. The zero-order valence-corrected chi connectivity index (χ0v) is 33.3. The van der Waals surface area contributed by atoms with Gasteiger partial charge in [-0.1, -0.05) is 6.07 Å². The van der Waals surface area contributed by atoms with Crippen LogP contribution >= 0.6 is 0 Å². The number of carbonyl (C=O) groups is 3. The number of carbonyl (C=O) groups excluding carboxylic acids is 3. The first-order chi connectivity index (χ1) is 28.4. The summed E-state index contributed by atoms with van der Waals surface area (Å²) >= 11 is 0. The molecule has 7 heterocycles. The van der Waals surface area contributed by atoms with E-state index in [2.05, 4.69) is 42.6 Å². The van der Waals surface area contributed by atoms with E-state index in [1.165, 1.54) is 21.5 Å². The van der Waals surface area contributed by atoms with Crippen LogP contribution in [0.5, 0.6) is 0 Å². The Hall–Kier alpha value is -5.69. The lowest BCUT2D eigenvalue weighted by Gasteiger charge is -2.46. The number of alkyl halides is 2. The average molecular weight is 815 g/mol. The smallest absolute Gasteiger partial charge is 0.329 e. The fraction of sp³-hybridized carbons (Fsp3) is 0.525. The maximum absolute atomic E-state index is 14.3. The zero-order valence-electron chi connectivity index (χ0n) is 33.3. The number of imidazole rings is 1. The minimum atomic E-state index is -2.88. The van der Waals surface area contributed by atoms with Gasteiger partial charge in [0.2, 0.25) is 11.8 Å². The molecule has 1 saturated carbocycles. The van der Waals surface area contributed by atoms with E-state index in [0.717, 1.165) is 56.5 Å². The molecule has 17 nitrogen and oxygen atoms in total. The van der Waals surface area contributed by atoms with Gasteiger partial charge in [-0.15, -0.1) is 0 Å². The van der Waals surface area contributed by atoms with Crippen molar-refractivity contribution in [1.29, 1.82) is 0 Å². The molecule has 2 atom stereocenters. The molecule has 19 heteroatoms. The highest BCUT2D eigenvalue weighted by Gasteiger charge is 2.36. The molecule has 0 radical (unpaired) electrons. The minimum absolute atomic E-state index is 0.0257. The van der Waals surface area contributed by atoms with Crippen molar-refractivity contribution in [1.82, 2.24) is 43.7 Å². The molecule has 9 rings (SSSR count). The van der Waals surface area contributed by atoms with Crippen LogP contribution in [0.4, 0.5) is 26.0 Å². The van der Waals surface area contributed by atoms with Gasteiger partial charge in [-0.2, -0.15) is 10.2 Å². The summed E-state index contributed by atoms with van der Waals surface area (Å²) in [6.45, 7) is 6.32. The van der Waals surface area contributed by atoms with E-state index in [1.807, 2.05) is 31.2 Å². The second kappa shape index (κ2) is 15.5. The molecule has 4 aliphatic rings. The Morgan fingerprint density at radius 3 is 2.61 bits per heavy atom. The Labute approximate surface area is 337 Å². The molecular weight excluding hydrogens is 767 g/mol. The number of hydrogen-bond donors (Lipinski definition) is 2. The fourth-order valence-corrected chi connectivity index (χ4v) is 9.24. The van der Waals surface area contributed by atoms with Gasteiger partial charge < -0.3 is 19.9 Å². The summed E-state index contributed by atoms with van der Waals surface area (Å²) in [7, 11) is 3.85. The van der Waals surface area contributed by atoms with Crippen LogP contribution in [0.1, 0.15) is 80.0 Å². The van der Waals surface area contributed by atoms with Gasteiger partial charge in [-0.05, 0) is 70.2 Å². The summed E-state index contributed by atoms with van der Waals surface area (Å²) in [4.78, 5) is 62.8. The van der Waals surface area contributed by atoms with Crippen molar-refractivity contribution >= 4 is 51.6 Å². The van der Waals surface area contributed by atoms with Crippen molar-refractivity contribution in [3.8, 4) is 0 Å². The van der Waals surface area contributed by atoms with E-state index < -0.39 is 30.0 Å². The average Bonchev–Trinajstić information content (AvgIpc) is 3.89. The predicted octanol–water partition coefficient (Wildman–Crippen LogP) is 3.52. The fourth-order valence-electron chi connectivity index (χ4n) is 9.24. The molecule has 0 spiro atoms. The molecule has 4 fully saturated rings. The number of piperidine rings is 1. The second-order valence-electron chi connectivity index (χ2n) is 16.4. The van der Waals surface area contributed by atoms with Gasteiger partial charge >= 0.3 is 5.69 Å². The molecule has 3 amide bonds. The number of nitrogens with zero attached hydrogens (tertiary/aromatic N) is 10. The molecule has 3 saturated heterocycles. The molecule has 1 aromatic carbocycles. The number of halogens is 2. The lowest BCUT2D eigenvalue weighted by atomic mass is 9.85. The van der Waals surface area contributed by atoms with E-state index in [-0.39, 0.29) is 47.8 Å². The monoisotopic (exact) mass is 814 g/mol. The van der Waals surface area contributed by atoms with E-state index >= 15 is 0 Å². The quantitative estimate of drug-likeness (QED) is 0.198. The number of morpholine rings is 1. The normalized spacial score (nSPS) is 23.1. The second-order valence-corrected chi connectivity index (χ2v) is 16.4. The van der Waals surface area contributed by atoms with Crippen LogP contribution < -0.4 is 26.1 Å². The third-order valence-corrected chi connectivity index (χ3v) is 12.5. The summed E-state index contributed by atoms with van der Waals surface area (Å²) in [5.41, 5.74) is 2.08. The van der Waals surface area contributed by atoms with Crippen molar-refractivity contribution in [2.75, 3.05) is 61.5 Å². The number of hydrogen-bond acceptors (Lipinski definition) is 11. The first-order valence-corrected chi connectivity index (χ1v) is 20.3. The molecule has 1 aliphatic carbocycles. The number of aromatic nitrogens is 7. The third kappa shape index (κ3) is 7.23. The Bertz CT molecular complexity index is 2480. The zero-order chi connectivity index (χ0) is 41.1. The molecular formula is C40H48F2N12O5. The number of rotatable bonds is 10. The van der Waals surface area contributed by atoms with Gasteiger partial charge in [0.1, 0.15) is 17.4 Å². The molecule has 0 bridgehead atoms. The number of nitrogens with one attached hydrogen (secondary N) is 2. The molecule has 5 aromatic rings. The van der Waals surface area contributed by atoms with Gasteiger partial charge in [0.15, 0.2) is 11.3 Å². The highest BCUT2D eigenvalue weighted by atomic mass is 19.3. The topological polar surface area (TPSA) is 169 Å². The van der Waals surface area contributed by atoms with Crippen LogP contribution in [0.2, 0.25) is 0 Å². The Balaban J connectivity index is 0.811. The summed E-state index contributed by atoms with van der Waals surface area (Å²) in [5, 5.41) is 13.6. The van der Waals surface area contributed by atoms with E-state index in [9.17, 15) is 28.0 Å². The van der Waals surface area contributed by atoms with Crippen molar-refractivity contribution in [2.24, 2.45) is 13.0 Å². The number of aryl methyl sites for hydroxylation is 1. The number of anilines is 3. The lowest BCUT2D eigenvalue weighted by molar-refractivity contribution is -0.135. The van der Waals surface area contributed by atoms with Gasteiger partial charge in [0, 0.05) is 64.6 Å². The number of benzene rings is 1. The maximum Gasteiger partial charge on any atom is 0.329 e. The van der Waals surface area contributed by atoms with Crippen LogP contribution in [0, 0.1) is 5.92 Å². The van der Waals surface area contributed by atoms with Crippen LogP contribution in [-0.4, -0.2) is 115 Å². The number of fused-ring (bicyclic) bond motifs is 2. The number of ether oxygens (including phenoxy) is 1.